The average Bonchev–Trinajstić information content (AvgIpc) is 2.50. The van der Waals surface area contributed by atoms with Crippen LogP contribution in [0.1, 0.15) is 22.8 Å². The highest BCUT2D eigenvalue weighted by Gasteiger charge is 2.36. The van der Waals surface area contributed by atoms with E-state index in [4.69, 9.17) is 0 Å². The van der Waals surface area contributed by atoms with Crippen LogP contribution in [0.4, 0.5) is 0 Å². The number of carbonyl (C=O) groups excluding carboxylic acids is 2. The van der Waals surface area contributed by atoms with Crippen LogP contribution in [0.3, 0.4) is 0 Å². The van der Waals surface area contributed by atoms with Gasteiger partial charge in [-0.05, 0) is 25.0 Å². The van der Waals surface area contributed by atoms with E-state index in [9.17, 15) is 19.8 Å². The Bertz CT molecular complexity index is 462. The van der Waals surface area contributed by atoms with Crippen LogP contribution in [0, 0.1) is 5.92 Å². The third kappa shape index (κ3) is 1.29. The summed E-state index contributed by atoms with van der Waals surface area (Å²) in [6, 6.07) is 2.88. The fourth-order valence-electron chi connectivity index (χ4n) is 1.88. The fraction of sp³-hybridized carbons (Fsp3) is 0.273. The van der Waals surface area contributed by atoms with E-state index >= 15 is 0 Å². The smallest absolute Gasteiger partial charge is 0.177 e. The predicted octanol–water partition coefficient (Wildman–Crippen LogP) is 1.04. The summed E-state index contributed by atoms with van der Waals surface area (Å²) >= 11 is 0. The topological polar surface area (TPSA) is 74.6 Å². The molecule has 1 aliphatic carbocycles. The van der Waals surface area contributed by atoms with Crippen LogP contribution in [-0.2, 0) is 11.2 Å². The second-order valence-electron chi connectivity index (χ2n) is 3.70. The van der Waals surface area contributed by atoms with E-state index in [2.05, 4.69) is 0 Å². The second kappa shape index (κ2) is 3.08. The monoisotopic (exact) mass is 206 g/mol. The molecule has 1 unspecified atom stereocenters. The lowest BCUT2D eigenvalue weighted by Gasteiger charge is -2.02. The summed E-state index contributed by atoms with van der Waals surface area (Å²) in [6.07, 6.45) is 0.317. The quantitative estimate of drug-likeness (QED) is 0.531. The first-order valence-corrected chi connectivity index (χ1v) is 4.61. The van der Waals surface area contributed by atoms with Gasteiger partial charge in [0, 0.05) is 0 Å². The van der Waals surface area contributed by atoms with Gasteiger partial charge in [0.25, 0.3) is 0 Å². The van der Waals surface area contributed by atoms with Gasteiger partial charge < -0.3 is 10.2 Å². The maximum absolute atomic E-state index is 11.7. The standard InChI is InChI=1S/C11H10O4/c1-5(12)7-4-6-2-3-8(13)11(15)9(6)10(7)14/h2-3,7,13,15H,4H2,1H3. The Morgan fingerprint density at radius 1 is 1.40 bits per heavy atom. The van der Waals surface area contributed by atoms with E-state index in [1.807, 2.05) is 0 Å². The first-order valence-electron chi connectivity index (χ1n) is 4.61. The largest absolute Gasteiger partial charge is 0.504 e. The Hall–Kier alpha value is -1.84. The van der Waals surface area contributed by atoms with Crippen molar-refractivity contribution in [2.75, 3.05) is 0 Å². The zero-order chi connectivity index (χ0) is 11.2. The van der Waals surface area contributed by atoms with Gasteiger partial charge in [0.15, 0.2) is 17.3 Å². The molecule has 0 spiro atoms. The van der Waals surface area contributed by atoms with Gasteiger partial charge in [0.2, 0.25) is 0 Å². The van der Waals surface area contributed by atoms with Crippen molar-refractivity contribution in [2.24, 2.45) is 5.92 Å². The third-order valence-electron chi connectivity index (χ3n) is 2.72. The molecule has 0 saturated carbocycles. The molecule has 0 aliphatic heterocycles. The van der Waals surface area contributed by atoms with Crippen molar-refractivity contribution in [2.45, 2.75) is 13.3 Å². The molecule has 2 rings (SSSR count). The molecule has 0 aromatic heterocycles. The molecule has 0 bridgehead atoms. The average molecular weight is 206 g/mol. The summed E-state index contributed by atoms with van der Waals surface area (Å²) in [5.41, 5.74) is 0.714. The van der Waals surface area contributed by atoms with Crippen LogP contribution in [-0.4, -0.2) is 21.8 Å². The van der Waals surface area contributed by atoms with Crippen molar-refractivity contribution in [3.63, 3.8) is 0 Å². The highest BCUT2D eigenvalue weighted by atomic mass is 16.3. The minimum absolute atomic E-state index is 0.0928. The normalized spacial score (nSPS) is 19.0. The number of phenolic OH excluding ortho intramolecular Hbond substituents is 2. The van der Waals surface area contributed by atoms with Gasteiger partial charge in [-0.25, -0.2) is 0 Å². The molecule has 0 saturated heterocycles. The van der Waals surface area contributed by atoms with E-state index in [0.29, 0.717) is 12.0 Å². The summed E-state index contributed by atoms with van der Waals surface area (Å²) in [5, 5.41) is 18.7. The Morgan fingerprint density at radius 3 is 2.67 bits per heavy atom. The van der Waals surface area contributed by atoms with Gasteiger partial charge in [-0.2, -0.15) is 0 Å². The molecule has 2 N–H and O–H groups in total. The van der Waals surface area contributed by atoms with Gasteiger partial charge in [-0.1, -0.05) is 6.07 Å². The lowest BCUT2D eigenvalue weighted by Crippen LogP contribution is -2.17. The number of hydrogen-bond donors (Lipinski definition) is 2. The second-order valence-corrected chi connectivity index (χ2v) is 3.70. The number of aromatic hydroxyl groups is 2. The molecule has 4 nitrogen and oxygen atoms in total. The summed E-state index contributed by atoms with van der Waals surface area (Å²) in [4.78, 5) is 22.9. The predicted molar refractivity (Wildman–Crippen MR) is 52.0 cm³/mol. The zero-order valence-corrected chi connectivity index (χ0v) is 8.15. The maximum Gasteiger partial charge on any atom is 0.177 e. The molecular formula is C11H10O4. The van der Waals surface area contributed by atoms with Crippen LogP contribution < -0.4 is 0 Å². The van der Waals surface area contributed by atoms with E-state index < -0.39 is 17.5 Å². The van der Waals surface area contributed by atoms with Crippen LogP contribution in [0.25, 0.3) is 0 Å². The van der Waals surface area contributed by atoms with Gasteiger partial charge in [-0.15, -0.1) is 0 Å². The minimum atomic E-state index is -0.701. The number of Topliss-reactive ketones (excluding diaryl/α,β-unsaturated/α-hetero) is 2. The van der Waals surface area contributed by atoms with Crippen LogP contribution in [0.15, 0.2) is 12.1 Å². The highest BCUT2D eigenvalue weighted by molar-refractivity contribution is 6.15. The summed E-state index contributed by atoms with van der Waals surface area (Å²) in [7, 11) is 0. The van der Waals surface area contributed by atoms with Crippen LogP contribution in [0.5, 0.6) is 11.5 Å². The number of rotatable bonds is 1. The number of fused-ring (bicyclic) bond motifs is 1. The van der Waals surface area contributed by atoms with E-state index in [1.165, 1.54) is 13.0 Å². The Kier molecular flexibility index (Phi) is 2.00. The van der Waals surface area contributed by atoms with Gasteiger partial charge in [0.05, 0.1) is 11.5 Å². The van der Waals surface area contributed by atoms with Crippen molar-refractivity contribution in [1.82, 2.24) is 0 Å². The third-order valence-corrected chi connectivity index (χ3v) is 2.72. The number of benzene rings is 1. The SMILES string of the molecule is CC(=O)C1Cc2ccc(O)c(O)c2C1=O. The molecule has 1 aromatic carbocycles. The van der Waals surface area contributed by atoms with Crippen molar-refractivity contribution < 1.29 is 19.8 Å². The maximum atomic E-state index is 11.7. The highest BCUT2D eigenvalue weighted by Crippen LogP contribution is 2.38. The molecule has 1 aliphatic rings. The van der Waals surface area contributed by atoms with Crippen molar-refractivity contribution in [3.8, 4) is 11.5 Å². The fourth-order valence-corrected chi connectivity index (χ4v) is 1.88. The molecule has 0 fully saturated rings. The summed E-state index contributed by atoms with van der Waals surface area (Å²) in [6.45, 7) is 1.35. The van der Waals surface area contributed by atoms with E-state index in [-0.39, 0.29) is 17.1 Å². The lowest BCUT2D eigenvalue weighted by molar-refractivity contribution is -0.119. The molecule has 0 amide bonds. The minimum Gasteiger partial charge on any atom is -0.504 e. The summed E-state index contributed by atoms with van der Waals surface area (Å²) in [5.74, 6) is -2.05. The van der Waals surface area contributed by atoms with Crippen molar-refractivity contribution >= 4 is 11.6 Å². The lowest BCUT2D eigenvalue weighted by atomic mass is 10.0. The Balaban J connectivity index is 2.56. The number of carbonyl (C=O) groups is 2. The van der Waals surface area contributed by atoms with E-state index in [0.717, 1.165) is 0 Å². The first kappa shape index (κ1) is 9.71. The first-order chi connectivity index (χ1) is 7.02. The number of ketones is 2. The molecule has 78 valence electrons. The van der Waals surface area contributed by atoms with Crippen molar-refractivity contribution in [3.05, 3.63) is 23.3 Å². The molecular weight excluding hydrogens is 196 g/mol. The zero-order valence-electron chi connectivity index (χ0n) is 8.15. The van der Waals surface area contributed by atoms with Gasteiger partial charge in [0.1, 0.15) is 5.78 Å². The Morgan fingerprint density at radius 2 is 2.07 bits per heavy atom. The molecule has 4 heteroatoms. The molecule has 1 atom stereocenters. The number of phenols is 2. The molecule has 1 aromatic rings. The van der Waals surface area contributed by atoms with Crippen molar-refractivity contribution in [1.29, 1.82) is 0 Å². The molecule has 15 heavy (non-hydrogen) atoms. The summed E-state index contributed by atoms with van der Waals surface area (Å²) < 4.78 is 0. The van der Waals surface area contributed by atoms with Crippen LogP contribution >= 0.6 is 0 Å². The van der Waals surface area contributed by atoms with Gasteiger partial charge >= 0.3 is 0 Å². The number of hydrogen-bond acceptors (Lipinski definition) is 4. The van der Waals surface area contributed by atoms with Crippen LogP contribution in [0.2, 0.25) is 0 Å². The molecule has 0 heterocycles. The Labute approximate surface area is 86.2 Å². The van der Waals surface area contributed by atoms with E-state index in [1.54, 1.807) is 6.07 Å². The molecule has 0 radical (unpaired) electrons. The van der Waals surface area contributed by atoms with Gasteiger partial charge in [-0.3, -0.25) is 9.59 Å².